The van der Waals surface area contributed by atoms with Gasteiger partial charge in [0, 0.05) is 17.2 Å². The quantitative estimate of drug-likeness (QED) is 0.818. The molecule has 2 rings (SSSR count). The lowest BCUT2D eigenvalue weighted by Gasteiger charge is -2.18. The van der Waals surface area contributed by atoms with E-state index in [2.05, 4.69) is 11.4 Å². The van der Waals surface area contributed by atoms with E-state index in [1.165, 1.54) is 18.4 Å². The Labute approximate surface area is 90.4 Å². The van der Waals surface area contributed by atoms with Crippen molar-refractivity contribution in [3.05, 3.63) is 23.8 Å². The zero-order valence-corrected chi connectivity index (χ0v) is 9.46. The summed E-state index contributed by atoms with van der Waals surface area (Å²) in [5.41, 5.74) is 1.37. The molecule has 0 aromatic heterocycles. The molecule has 1 fully saturated rings. The Morgan fingerprint density at radius 1 is 1.20 bits per heavy atom. The monoisotopic (exact) mass is 207 g/mol. The van der Waals surface area contributed by atoms with E-state index >= 15 is 0 Å². The van der Waals surface area contributed by atoms with Crippen molar-refractivity contribution in [3.8, 4) is 11.5 Å². The third kappa shape index (κ3) is 1.67. The van der Waals surface area contributed by atoms with Gasteiger partial charge in [-0.3, -0.25) is 0 Å². The van der Waals surface area contributed by atoms with E-state index in [4.69, 9.17) is 9.47 Å². The summed E-state index contributed by atoms with van der Waals surface area (Å²) in [6.45, 7) is 0. The summed E-state index contributed by atoms with van der Waals surface area (Å²) in [5.74, 6) is 1.74. The van der Waals surface area contributed by atoms with E-state index in [9.17, 15) is 0 Å². The van der Waals surface area contributed by atoms with Crippen molar-refractivity contribution in [1.29, 1.82) is 0 Å². The number of nitrogens with one attached hydrogen (secondary N) is 1. The smallest absolute Gasteiger partial charge is 0.127 e. The first kappa shape index (κ1) is 10.3. The molecule has 0 radical (unpaired) electrons. The van der Waals surface area contributed by atoms with Crippen LogP contribution < -0.4 is 14.8 Å². The Morgan fingerprint density at radius 2 is 1.93 bits per heavy atom. The largest absolute Gasteiger partial charge is 0.497 e. The molecule has 1 N–H and O–H groups in total. The first-order valence-electron chi connectivity index (χ1n) is 5.17. The van der Waals surface area contributed by atoms with Gasteiger partial charge in [-0.15, -0.1) is 0 Å². The van der Waals surface area contributed by atoms with Crippen LogP contribution in [0, 0.1) is 0 Å². The third-order valence-electron chi connectivity index (χ3n) is 3.15. The van der Waals surface area contributed by atoms with Crippen LogP contribution in [-0.4, -0.2) is 21.3 Å². The van der Waals surface area contributed by atoms with Crippen molar-refractivity contribution in [1.82, 2.24) is 5.32 Å². The minimum atomic E-state index is 0.137. The lowest BCUT2D eigenvalue weighted by molar-refractivity contribution is 0.384. The Kier molecular flexibility index (Phi) is 2.57. The van der Waals surface area contributed by atoms with Gasteiger partial charge in [-0.25, -0.2) is 0 Å². The number of hydrogen-bond acceptors (Lipinski definition) is 3. The molecule has 1 aromatic carbocycles. The molecule has 1 aromatic rings. The fourth-order valence-corrected chi connectivity index (χ4v) is 1.97. The van der Waals surface area contributed by atoms with Crippen molar-refractivity contribution >= 4 is 0 Å². The van der Waals surface area contributed by atoms with Gasteiger partial charge >= 0.3 is 0 Å². The van der Waals surface area contributed by atoms with Gasteiger partial charge in [0.2, 0.25) is 0 Å². The third-order valence-corrected chi connectivity index (χ3v) is 3.15. The number of ether oxygens (including phenoxy) is 2. The van der Waals surface area contributed by atoms with Gasteiger partial charge in [0.05, 0.1) is 14.2 Å². The summed E-state index contributed by atoms with van der Waals surface area (Å²) in [6.07, 6.45) is 2.35. The lowest BCUT2D eigenvalue weighted by Crippen LogP contribution is -2.25. The van der Waals surface area contributed by atoms with Crippen molar-refractivity contribution < 1.29 is 9.47 Å². The van der Waals surface area contributed by atoms with Gasteiger partial charge < -0.3 is 14.8 Å². The van der Waals surface area contributed by atoms with E-state index in [-0.39, 0.29) is 5.54 Å². The summed E-state index contributed by atoms with van der Waals surface area (Å²) in [7, 11) is 5.36. The van der Waals surface area contributed by atoms with Crippen molar-refractivity contribution in [2.45, 2.75) is 18.4 Å². The van der Waals surface area contributed by atoms with Crippen LogP contribution in [0.1, 0.15) is 18.4 Å². The van der Waals surface area contributed by atoms with Gasteiger partial charge in [0.15, 0.2) is 0 Å². The summed E-state index contributed by atoms with van der Waals surface area (Å²) >= 11 is 0. The highest BCUT2D eigenvalue weighted by molar-refractivity contribution is 5.47. The minimum absolute atomic E-state index is 0.137. The number of hydrogen-bond donors (Lipinski definition) is 1. The van der Waals surface area contributed by atoms with E-state index < -0.39 is 0 Å². The van der Waals surface area contributed by atoms with Crippen LogP contribution in [-0.2, 0) is 5.54 Å². The first-order valence-corrected chi connectivity index (χ1v) is 5.17. The van der Waals surface area contributed by atoms with E-state index in [0.717, 1.165) is 11.5 Å². The first-order chi connectivity index (χ1) is 7.25. The number of rotatable bonds is 4. The molecular weight excluding hydrogens is 190 g/mol. The molecule has 0 unspecified atom stereocenters. The van der Waals surface area contributed by atoms with Crippen molar-refractivity contribution in [3.63, 3.8) is 0 Å². The van der Waals surface area contributed by atoms with Gasteiger partial charge in [0.25, 0.3) is 0 Å². The second kappa shape index (κ2) is 3.74. The maximum atomic E-state index is 5.40. The van der Waals surface area contributed by atoms with Gasteiger partial charge in [-0.2, -0.15) is 0 Å². The molecule has 1 saturated carbocycles. The lowest BCUT2D eigenvalue weighted by atomic mass is 10.0. The average molecular weight is 207 g/mol. The summed E-state index contributed by atoms with van der Waals surface area (Å²) in [4.78, 5) is 0. The average Bonchev–Trinajstić information content (AvgIpc) is 3.09. The molecule has 0 bridgehead atoms. The summed E-state index contributed by atoms with van der Waals surface area (Å²) in [6, 6.07) is 6.00. The topological polar surface area (TPSA) is 30.5 Å². The van der Waals surface area contributed by atoms with Crippen LogP contribution in [0.25, 0.3) is 0 Å². The molecule has 15 heavy (non-hydrogen) atoms. The summed E-state index contributed by atoms with van der Waals surface area (Å²) < 4.78 is 10.6. The van der Waals surface area contributed by atoms with Crippen LogP contribution in [0.3, 0.4) is 0 Å². The molecule has 0 amide bonds. The van der Waals surface area contributed by atoms with Crippen LogP contribution in [0.15, 0.2) is 18.2 Å². The molecule has 3 heteroatoms. The van der Waals surface area contributed by atoms with E-state index in [0.29, 0.717) is 0 Å². The normalized spacial score (nSPS) is 17.3. The highest BCUT2D eigenvalue weighted by Gasteiger charge is 2.44. The standard InChI is InChI=1S/C12H17NO2/c1-13-12(6-7-12)10-5-4-9(14-2)8-11(10)15-3/h4-5,8,13H,6-7H2,1-3H3. The van der Waals surface area contributed by atoms with Crippen LogP contribution in [0.5, 0.6) is 11.5 Å². The maximum Gasteiger partial charge on any atom is 0.127 e. The van der Waals surface area contributed by atoms with E-state index in [1.54, 1.807) is 14.2 Å². The minimum Gasteiger partial charge on any atom is -0.497 e. The Hall–Kier alpha value is -1.22. The van der Waals surface area contributed by atoms with Gasteiger partial charge in [-0.1, -0.05) is 0 Å². The molecule has 0 aliphatic heterocycles. The van der Waals surface area contributed by atoms with Crippen LogP contribution >= 0.6 is 0 Å². The molecule has 0 heterocycles. The van der Waals surface area contributed by atoms with Gasteiger partial charge in [0.1, 0.15) is 11.5 Å². The zero-order valence-electron chi connectivity index (χ0n) is 9.46. The number of benzene rings is 1. The molecule has 0 atom stereocenters. The molecule has 82 valence electrons. The second-order valence-electron chi connectivity index (χ2n) is 3.90. The van der Waals surface area contributed by atoms with Crippen LogP contribution in [0.2, 0.25) is 0 Å². The molecular formula is C12H17NO2. The number of methoxy groups -OCH3 is 2. The SMILES string of the molecule is CNC1(c2ccc(OC)cc2OC)CC1. The fraction of sp³-hybridized carbons (Fsp3) is 0.500. The van der Waals surface area contributed by atoms with Crippen molar-refractivity contribution in [2.24, 2.45) is 0 Å². The molecule has 0 spiro atoms. The predicted molar refractivity (Wildman–Crippen MR) is 59.5 cm³/mol. The van der Waals surface area contributed by atoms with Crippen LogP contribution in [0.4, 0.5) is 0 Å². The molecule has 3 nitrogen and oxygen atoms in total. The van der Waals surface area contributed by atoms with Gasteiger partial charge in [-0.05, 0) is 32.0 Å². The Bertz CT molecular complexity index is 359. The Morgan fingerprint density at radius 3 is 2.40 bits per heavy atom. The predicted octanol–water partition coefficient (Wildman–Crippen LogP) is 1.91. The Balaban J connectivity index is 2.39. The molecule has 0 saturated heterocycles. The summed E-state index contributed by atoms with van der Waals surface area (Å²) in [5, 5.41) is 3.36. The maximum absolute atomic E-state index is 5.40. The molecule has 1 aliphatic rings. The fourth-order valence-electron chi connectivity index (χ4n) is 1.97. The zero-order chi connectivity index (χ0) is 10.9. The molecule has 1 aliphatic carbocycles. The van der Waals surface area contributed by atoms with E-state index in [1.807, 2.05) is 19.2 Å². The van der Waals surface area contributed by atoms with Crippen molar-refractivity contribution in [2.75, 3.05) is 21.3 Å². The second-order valence-corrected chi connectivity index (χ2v) is 3.90. The highest BCUT2D eigenvalue weighted by Crippen LogP contribution is 2.49. The highest BCUT2D eigenvalue weighted by atomic mass is 16.5.